The highest BCUT2D eigenvalue weighted by Gasteiger charge is 2.56. The minimum absolute atomic E-state index is 0.176. The van der Waals surface area contributed by atoms with E-state index < -0.39 is 17.1 Å². The van der Waals surface area contributed by atoms with Crippen LogP contribution in [0.5, 0.6) is 5.75 Å². The van der Waals surface area contributed by atoms with E-state index in [0.717, 1.165) is 27.3 Å². The molecule has 0 spiro atoms. The van der Waals surface area contributed by atoms with Crippen LogP contribution in [-0.4, -0.2) is 34.6 Å². The van der Waals surface area contributed by atoms with Crippen molar-refractivity contribution >= 4 is 63.8 Å². The number of anilines is 2. The number of imide groups is 1. The van der Waals surface area contributed by atoms with Gasteiger partial charge in [-0.1, -0.05) is 64.5 Å². The third kappa shape index (κ3) is 4.94. The Labute approximate surface area is 242 Å². The molecule has 2 aliphatic heterocycles. The SMILES string of the molecule is Cc1ccc(NC(=O)COc2ccc([C@H]3c4sc(=O)[nH]c4SC4C(=O)N(c5ccc(Cl)cc5)C(=O)C43)cc2)cc1. The predicted molar refractivity (Wildman–Crippen MR) is 156 cm³/mol. The third-order valence-corrected chi connectivity index (χ3v) is 9.51. The number of carbonyl (C=O) groups is 3. The Bertz CT molecular complexity index is 1670. The van der Waals surface area contributed by atoms with Crippen LogP contribution in [0.3, 0.4) is 0 Å². The molecule has 3 atom stereocenters. The van der Waals surface area contributed by atoms with Crippen molar-refractivity contribution in [2.45, 2.75) is 23.1 Å². The zero-order chi connectivity index (χ0) is 28.0. The summed E-state index contributed by atoms with van der Waals surface area (Å²) in [6.07, 6.45) is 0. The summed E-state index contributed by atoms with van der Waals surface area (Å²) in [6.45, 7) is 1.79. The normalized spacial score (nSPS) is 19.8. The summed E-state index contributed by atoms with van der Waals surface area (Å²) in [6, 6.07) is 21.1. The molecule has 3 aromatic carbocycles. The lowest BCUT2D eigenvalue weighted by atomic mass is 9.83. The number of aryl methyl sites for hydroxylation is 1. The number of nitrogens with zero attached hydrogens (tertiary/aromatic N) is 1. The number of rotatable bonds is 6. The number of nitrogens with one attached hydrogen (secondary N) is 2. The first-order chi connectivity index (χ1) is 19.3. The van der Waals surface area contributed by atoms with Crippen LogP contribution >= 0.6 is 34.7 Å². The smallest absolute Gasteiger partial charge is 0.305 e. The molecule has 40 heavy (non-hydrogen) atoms. The van der Waals surface area contributed by atoms with E-state index in [-0.39, 0.29) is 29.2 Å². The maximum Gasteiger partial charge on any atom is 0.305 e. The van der Waals surface area contributed by atoms with Gasteiger partial charge in [0.2, 0.25) is 11.8 Å². The number of benzene rings is 3. The van der Waals surface area contributed by atoms with Crippen LogP contribution in [0.25, 0.3) is 0 Å². The van der Waals surface area contributed by atoms with Gasteiger partial charge in [-0.25, -0.2) is 4.90 Å². The molecule has 0 aliphatic carbocycles. The molecule has 2 N–H and O–H groups in total. The number of hydrogen-bond donors (Lipinski definition) is 2. The Hall–Kier alpha value is -3.86. The Morgan fingerprint density at radius 1 is 0.975 bits per heavy atom. The second kappa shape index (κ2) is 10.6. The van der Waals surface area contributed by atoms with Crippen molar-refractivity contribution in [3.8, 4) is 5.75 Å². The number of fused-ring (bicyclic) bond motifs is 2. The summed E-state index contributed by atoms with van der Waals surface area (Å²) >= 11 is 8.29. The van der Waals surface area contributed by atoms with Crippen LogP contribution in [0.2, 0.25) is 5.02 Å². The largest absolute Gasteiger partial charge is 0.484 e. The van der Waals surface area contributed by atoms with Crippen LogP contribution in [0.4, 0.5) is 11.4 Å². The van der Waals surface area contributed by atoms with E-state index in [0.29, 0.717) is 27.2 Å². The number of thiazole rings is 1. The van der Waals surface area contributed by atoms with E-state index in [1.165, 1.54) is 16.7 Å². The molecule has 2 aliphatic rings. The van der Waals surface area contributed by atoms with E-state index in [1.54, 1.807) is 36.4 Å². The van der Waals surface area contributed by atoms with Crippen molar-refractivity contribution in [2.24, 2.45) is 5.92 Å². The summed E-state index contributed by atoms with van der Waals surface area (Å²) in [7, 11) is 0. The van der Waals surface area contributed by atoms with Gasteiger partial charge in [0.05, 0.1) is 16.6 Å². The third-order valence-electron chi connectivity index (χ3n) is 6.85. The molecule has 4 aromatic rings. The first-order valence-electron chi connectivity index (χ1n) is 12.4. The monoisotopic (exact) mass is 591 g/mol. The Morgan fingerprint density at radius 2 is 1.68 bits per heavy atom. The van der Waals surface area contributed by atoms with Gasteiger partial charge in [0, 0.05) is 21.5 Å². The fourth-order valence-electron chi connectivity index (χ4n) is 4.98. The molecule has 6 rings (SSSR count). The molecule has 2 unspecified atom stereocenters. The van der Waals surface area contributed by atoms with Crippen LogP contribution in [0.1, 0.15) is 21.9 Å². The second-order valence-electron chi connectivity index (χ2n) is 9.51. The summed E-state index contributed by atoms with van der Waals surface area (Å²) in [5, 5.41) is 3.21. The number of H-pyrrole nitrogens is 1. The standard InChI is InChI=1S/C29H22ClN3O5S2/c1-15-2-8-18(9-3-15)31-21(34)14-38-20-12-4-16(5-13-20)22-23-25(39-26-24(22)40-29(37)32-26)28(36)33(27(23)35)19-10-6-17(30)7-11-19/h2-13,22-23,25H,14H2,1H3,(H,31,34)(H,32,37)/t22-,23?,25?/m1/s1. The Kier molecular flexibility index (Phi) is 6.99. The number of halogens is 1. The van der Waals surface area contributed by atoms with Gasteiger partial charge in [-0.15, -0.1) is 0 Å². The van der Waals surface area contributed by atoms with Crippen LogP contribution < -0.4 is 19.8 Å². The fourth-order valence-corrected chi connectivity index (χ4v) is 7.62. The minimum atomic E-state index is -0.695. The molecule has 8 nitrogen and oxygen atoms in total. The van der Waals surface area contributed by atoms with Crippen molar-refractivity contribution in [1.29, 1.82) is 0 Å². The van der Waals surface area contributed by atoms with Crippen molar-refractivity contribution in [2.75, 3.05) is 16.8 Å². The van der Waals surface area contributed by atoms with Gasteiger partial charge >= 0.3 is 4.87 Å². The fraction of sp³-hybridized carbons (Fsp3) is 0.172. The number of carbonyl (C=O) groups excluding carboxylic acids is 3. The average molecular weight is 592 g/mol. The van der Waals surface area contributed by atoms with E-state index in [9.17, 15) is 19.2 Å². The zero-order valence-electron chi connectivity index (χ0n) is 21.1. The number of aromatic nitrogens is 1. The van der Waals surface area contributed by atoms with Gasteiger partial charge in [0.15, 0.2) is 6.61 Å². The molecule has 0 radical (unpaired) electrons. The van der Waals surface area contributed by atoms with Crippen molar-refractivity contribution < 1.29 is 19.1 Å². The molecule has 202 valence electrons. The Morgan fingerprint density at radius 3 is 2.38 bits per heavy atom. The second-order valence-corrected chi connectivity index (χ2v) is 12.1. The number of thioether (sulfide) groups is 1. The van der Waals surface area contributed by atoms with Crippen LogP contribution in [-0.2, 0) is 14.4 Å². The lowest BCUT2D eigenvalue weighted by Gasteiger charge is -2.29. The summed E-state index contributed by atoms with van der Waals surface area (Å²) in [5.41, 5.74) is 3.00. The maximum atomic E-state index is 13.8. The number of amides is 3. The van der Waals surface area contributed by atoms with Crippen molar-refractivity contribution in [3.63, 3.8) is 0 Å². The van der Waals surface area contributed by atoms with Crippen LogP contribution in [0.15, 0.2) is 82.6 Å². The first kappa shape index (κ1) is 26.4. The highest BCUT2D eigenvalue weighted by atomic mass is 35.5. The quantitative estimate of drug-likeness (QED) is 0.298. The molecule has 1 aromatic heterocycles. The molecule has 1 fully saturated rings. The van der Waals surface area contributed by atoms with Crippen molar-refractivity contribution in [1.82, 2.24) is 4.98 Å². The van der Waals surface area contributed by atoms with E-state index in [1.807, 2.05) is 43.3 Å². The highest BCUT2D eigenvalue weighted by Crippen LogP contribution is 2.53. The van der Waals surface area contributed by atoms with Gasteiger partial charge in [0.25, 0.3) is 5.91 Å². The van der Waals surface area contributed by atoms with Gasteiger partial charge in [-0.3, -0.25) is 19.2 Å². The molecule has 0 bridgehead atoms. The molecule has 3 amide bonds. The van der Waals surface area contributed by atoms with E-state index >= 15 is 0 Å². The van der Waals surface area contributed by atoms with Crippen molar-refractivity contribution in [3.05, 3.63) is 103 Å². The molecule has 11 heteroatoms. The maximum absolute atomic E-state index is 13.8. The molecule has 1 saturated heterocycles. The van der Waals surface area contributed by atoms with E-state index in [4.69, 9.17) is 16.3 Å². The topological polar surface area (TPSA) is 109 Å². The summed E-state index contributed by atoms with van der Waals surface area (Å²) in [5.74, 6) is -1.67. The molecular formula is C29H22ClN3O5S2. The van der Waals surface area contributed by atoms with Gasteiger partial charge in [0.1, 0.15) is 11.0 Å². The lowest BCUT2D eigenvalue weighted by molar-refractivity contribution is -0.122. The number of hydrogen-bond acceptors (Lipinski definition) is 7. The zero-order valence-corrected chi connectivity index (χ0v) is 23.4. The first-order valence-corrected chi connectivity index (χ1v) is 14.5. The average Bonchev–Trinajstić information content (AvgIpc) is 3.44. The Balaban J connectivity index is 1.24. The summed E-state index contributed by atoms with van der Waals surface area (Å²) < 4.78 is 5.68. The molecular weight excluding hydrogens is 570 g/mol. The van der Waals surface area contributed by atoms with Gasteiger partial charge in [-0.2, -0.15) is 0 Å². The van der Waals surface area contributed by atoms with E-state index in [2.05, 4.69) is 10.3 Å². The molecule has 3 heterocycles. The van der Waals surface area contributed by atoms with Crippen LogP contribution in [0, 0.1) is 12.8 Å². The predicted octanol–water partition coefficient (Wildman–Crippen LogP) is 5.21. The van der Waals surface area contributed by atoms with Gasteiger partial charge in [-0.05, 0) is 61.0 Å². The summed E-state index contributed by atoms with van der Waals surface area (Å²) in [4.78, 5) is 56.4. The number of aromatic amines is 1. The lowest BCUT2D eigenvalue weighted by Crippen LogP contribution is -2.32. The minimum Gasteiger partial charge on any atom is -0.484 e. The number of ether oxygens (including phenoxy) is 1. The molecule has 0 saturated carbocycles. The van der Waals surface area contributed by atoms with Gasteiger partial charge < -0.3 is 15.0 Å². The highest BCUT2D eigenvalue weighted by molar-refractivity contribution is 8.00.